The van der Waals surface area contributed by atoms with Crippen molar-refractivity contribution in [3.8, 4) is 11.5 Å². The summed E-state index contributed by atoms with van der Waals surface area (Å²) in [6.07, 6.45) is 3.61. The van der Waals surface area contributed by atoms with Crippen molar-refractivity contribution in [1.29, 1.82) is 0 Å². The number of aromatic hydroxyl groups is 1. The maximum Gasteiger partial charge on any atom is 0.295 e. The van der Waals surface area contributed by atoms with Gasteiger partial charge < -0.3 is 9.84 Å². The Labute approximate surface area is 150 Å². The maximum atomic E-state index is 12.3. The Kier molecular flexibility index (Phi) is 3.68. The molecule has 1 aliphatic rings. The van der Waals surface area contributed by atoms with Gasteiger partial charge in [-0.25, -0.2) is 0 Å². The molecule has 0 radical (unpaired) electrons. The number of aromatic nitrogens is 1. The number of ether oxygens (including phenoxy) is 1. The SMILES string of the molecule is CC1(C)Cc2c(c(N=NC(=O)c3ccncc3)c3ccccc3c2O)O1. The fourth-order valence-corrected chi connectivity index (χ4v) is 3.19. The molecule has 3 aromatic rings. The first kappa shape index (κ1) is 16.2. The van der Waals surface area contributed by atoms with Crippen molar-refractivity contribution in [3.63, 3.8) is 0 Å². The van der Waals surface area contributed by atoms with E-state index in [9.17, 15) is 9.90 Å². The van der Waals surface area contributed by atoms with Crippen LogP contribution in [0.1, 0.15) is 29.8 Å². The Morgan fingerprint density at radius 1 is 1.15 bits per heavy atom. The number of phenols is 1. The topological polar surface area (TPSA) is 84.1 Å². The molecule has 2 heterocycles. The molecule has 1 amide bonds. The Morgan fingerprint density at radius 3 is 2.58 bits per heavy atom. The van der Waals surface area contributed by atoms with Gasteiger partial charge in [-0.05, 0) is 26.0 Å². The van der Waals surface area contributed by atoms with E-state index in [1.807, 2.05) is 38.1 Å². The second-order valence-electron chi connectivity index (χ2n) is 6.83. The molecule has 0 saturated heterocycles. The number of hydrogen-bond donors (Lipinski definition) is 1. The van der Waals surface area contributed by atoms with Gasteiger partial charge in [0.2, 0.25) is 0 Å². The van der Waals surface area contributed by atoms with Gasteiger partial charge in [0, 0.05) is 40.7 Å². The van der Waals surface area contributed by atoms with Crippen molar-refractivity contribution in [2.24, 2.45) is 10.2 Å². The highest BCUT2D eigenvalue weighted by Gasteiger charge is 2.36. The number of phenolic OH excluding ortho intramolecular Hbond substituents is 1. The Balaban J connectivity index is 1.86. The van der Waals surface area contributed by atoms with E-state index in [1.165, 1.54) is 12.4 Å². The average molecular weight is 347 g/mol. The number of carbonyl (C=O) groups is 1. The zero-order valence-electron chi connectivity index (χ0n) is 14.4. The number of benzene rings is 2. The molecular formula is C20H17N3O3. The minimum atomic E-state index is -0.462. The molecule has 130 valence electrons. The molecule has 0 saturated carbocycles. The van der Waals surface area contributed by atoms with Crippen molar-refractivity contribution in [2.75, 3.05) is 0 Å². The van der Waals surface area contributed by atoms with Crippen LogP contribution >= 0.6 is 0 Å². The first-order chi connectivity index (χ1) is 12.5. The second-order valence-corrected chi connectivity index (χ2v) is 6.83. The van der Waals surface area contributed by atoms with Gasteiger partial charge >= 0.3 is 0 Å². The van der Waals surface area contributed by atoms with Crippen molar-refractivity contribution < 1.29 is 14.6 Å². The van der Waals surface area contributed by atoms with Gasteiger partial charge in [-0.2, -0.15) is 0 Å². The molecule has 6 heteroatoms. The summed E-state index contributed by atoms with van der Waals surface area (Å²) in [4.78, 5) is 16.2. The predicted molar refractivity (Wildman–Crippen MR) is 97.1 cm³/mol. The highest BCUT2D eigenvalue weighted by atomic mass is 16.5. The minimum absolute atomic E-state index is 0.195. The van der Waals surface area contributed by atoms with Crippen LogP contribution < -0.4 is 4.74 Å². The molecule has 0 bridgehead atoms. The summed E-state index contributed by atoms with van der Waals surface area (Å²) in [5, 5.41) is 20.1. The highest BCUT2D eigenvalue weighted by molar-refractivity contribution is 6.02. The molecule has 0 fully saturated rings. The summed E-state index contributed by atoms with van der Waals surface area (Å²) in [5.74, 6) is 0.216. The summed E-state index contributed by atoms with van der Waals surface area (Å²) in [5.41, 5.74) is 1.10. The van der Waals surface area contributed by atoms with Crippen LogP contribution in [0.4, 0.5) is 5.69 Å². The van der Waals surface area contributed by atoms with Gasteiger partial charge in [-0.3, -0.25) is 9.78 Å². The molecule has 2 aromatic carbocycles. The average Bonchev–Trinajstić information content (AvgIpc) is 2.98. The Bertz CT molecular complexity index is 1040. The van der Waals surface area contributed by atoms with E-state index in [0.29, 0.717) is 39.8 Å². The number of hydrogen-bond acceptors (Lipinski definition) is 5. The molecule has 0 atom stereocenters. The van der Waals surface area contributed by atoms with Crippen LogP contribution in [0.25, 0.3) is 10.8 Å². The standard InChI is InChI=1S/C20H17N3O3/c1-20(2)11-15-17(24)14-6-4-3-5-13(14)16(18(15)26-20)22-23-19(25)12-7-9-21-10-8-12/h3-10,24H,11H2,1-2H3. The largest absolute Gasteiger partial charge is 0.507 e. The molecule has 0 aliphatic carbocycles. The maximum absolute atomic E-state index is 12.3. The first-order valence-corrected chi connectivity index (χ1v) is 8.28. The quantitative estimate of drug-likeness (QED) is 0.688. The molecule has 1 aromatic heterocycles. The van der Waals surface area contributed by atoms with Crippen molar-refractivity contribution in [1.82, 2.24) is 4.98 Å². The lowest BCUT2D eigenvalue weighted by molar-refractivity contribution is 0.0995. The fourth-order valence-electron chi connectivity index (χ4n) is 3.19. The van der Waals surface area contributed by atoms with E-state index in [4.69, 9.17) is 4.74 Å². The smallest absolute Gasteiger partial charge is 0.295 e. The zero-order chi connectivity index (χ0) is 18.3. The number of carbonyl (C=O) groups excluding carboxylic acids is 1. The Morgan fingerprint density at radius 2 is 1.85 bits per heavy atom. The van der Waals surface area contributed by atoms with Crippen LogP contribution in [0.5, 0.6) is 11.5 Å². The van der Waals surface area contributed by atoms with E-state index in [1.54, 1.807) is 12.1 Å². The molecule has 0 spiro atoms. The Hall–Kier alpha value is -3.28. The lowest BCUT2D eigenvalue weighted by Crippen LogP contribution is -2.24. The minimum Gasteiger partial charge on any atom is -0.507 e. The molecule has 1 N–H and O–H groups in total. The van der Waals surface area contributed by atoms with Gasteiger partial charge in [-0.15, -0.1) is 10.2 Å². The van der Waals surface area contributed by atoms with E-state index in [-0.39, 0.29) is 5.75 Å². The second kappa shape index (κ2) is 5.91. The summed E-state index contributed by atoms with van der Waals surface area (Å²) in [6.45, 7) is 3.89. The van der Waals surface area contributed by atoms with Crippen LogP contribution in [0, 0.1) is 0 Å². The van der Waals surface area contributed by atoms with Crippen molar-refractivity contribution in [3.05, 3.63) is 59.9 Å². The molecule has 6 nitrogen and oxygen atoms in total. The van der Waals surface area contributed by atoms with E-state index in [2.05, 4.69) is 15.2 Å². The molecule has 4 rings (SSSR count). The summed E-state index contributed by atoms with van der Waals surface area (Å²) >= 11 is 0. The number of amides is 1. The van der Waals surface area contributed by atoms with Crippen LogP contribution in [0.3, 0.4) is 0 Å². The van der Waals surface area contributed by atoms with Gasteiger partial charge in [0.1, 0.15) is 17.0 Å². The third-order valence-corrected chi connectivity index (χ3v) is 4.36. The van der Waals surface area contributed by atoms with Gasteiger partial charge in [0.15, 0.2) is 5.75 Å². The molecule has 0 unspecified atom stereocenters. The monoisotopic (exact) mass is 347 g/mol. The fraction of sp³-hybridized carbons (Fsp3) is 0.200. The highest BCUT2D eigenvalue weighted by Crippen LogP contribution is 2.51. The van der Waals surface area contributed by atoms with Gasteiger partial charge in [0.05, 0.1) is 0 Å². The number of pyridine rings is 1. The van der Waals surface area contributed by atoms with E-state index in [0.717, 1.165) is 0 Å². The van der Waals surface area contributed by atoms with Crippen LogP contribution in [-0.4, -0.2) is 21.6 Å². The number of rotatable bonds is 2. The van der Waals surface area contributed by atoms with E-state index < -0.39 is 11.5 Å². The van der Waals surface area contributed by atoms with Crippen molar-refractivity contribution in [2.45, 2.75) is 25.9 Å². The van der Waals surface area contributed by atoms with Crippen LogP contribution in [-0.2, 0) is 6.42 Å². The first-order valence-electron chi connectivity index (χ1n) is 8.28. The van der Waals surface area contributed by atoms with E-state index >= 15 is 0 Å². The normalized spacial score (nSPS) is 15.2. The third-order valence-electron chi connectivity index (χ3n) is 4.36. The van der Waals surface area contributed by atoms with Gasteiger partial charge in [-0.1, -0.05) is 24.3 Å². The lowest BCUT2D eigenvalue weighted by Gasteiger charge is -2.17. The summed E-state index contributed by atoms with van der Waals surface area (Å²) in [7, 11) is 0. The van der Waals surface area contributed by atoms with Crippen LogP contribution in [0.15, 0.2) is 59.0 Å². The molecule has 26 heavy (non-hydrogen) atoms. The zero-order valence-corrected chi connectivity index (χ0v) is 14.4. The number of azo groups is 1. The molecule has 1 aliphatic heterocycles. The summed E-state index contributed by atoms with van der Waals surface area (Å²) in [6, 6.07) is 10.5. The number of fused-ring (bicyclic) bond motifs is 2. The predicted octanol–water partition coefficient (Wildman–Crippen LogP) is 4.58. The van der Waals surface area contributed by atoms with Crippen molar-refractivity contribution >= 4 is 22.4 Å². The van der Waals surface area contributed by atoms with Crippen LogP contribution in [0.2, 0.25) is 0 Å². The summed E-state index contributed by atoms with van der Waals surface area (Å²) < 4.78 is 6.02. The third kappa shape index (κ3) is 2.69. The van der Waals surface area contributed by atoms with Gasteiger partial charge in [0.25, 0.3) is 5.91 Å². The number of nitrogens with zero attached hydrogens (tertiary/aromatic N) is 3. The lowest BCUT2D eigenvalue weighted by atomic mass is 9.97. The molecular weight excluding hydrogens is 330 g/mol.